The van der Waals surface area contributed by atoms with Gasteiger partial charge < -0.3 is 24.4 Å². The van der Waals surface area contributed by atoms with Gasteiger partial charge in [0.05, 0.1) is 32.6 Å². The van der Waals surface area contributed by atoms with Crippen LogP contribution in [0, 0.1) is 0 Å². The SMILES string of the molecule is COc1cnc(N2CCOCC2)c2sc(NC(=O)N3CCC(O)CC3)nc12. The third-order valence-corrected chi connectivity index (χ3v) is 5.83. The fourth-order valence-electron chi connectivity index (χ4n) is 3.32. The second kappa shape index (κ2) is 7.83. The summed E-state index contributed by atoms with van der Waals surface area (Å²) in [6.07, 6.45) is 2.56. The van der Waals surface area contributed by atoms with E-state index in [1.54, 1.807) is 18.2 Å². The zero-order valence-corrected chi connectivity index (χ0v) is 16.0. The minimum Gasteiger partial charge on any atom is -0.493 e. The number of amides is 2. The number of piperidine rings is 1. The quantitative estimate of drug-likeness (QED) is 0.816. The van der Waals surface area contributed by atoms with Crippen LogP contribution in [0.4, 0.5) is 15.7 Å². The Morgan fingerprint density at radius 2 is 2.07 bits per heavy atom. The average molecular weight is 393 g/mol. The Kier molecular flexibility index (Phi) is 5.28. The lowest BCUT2D eigenvalue weighted by atomic mass is 10.1. The molecule has 0 spiro atoms. The largest absolute Gasteiger partial charge is 0.493 e. The predicted octanol–water partition coefficient (Wildman–Crippen LogP) is 1.53. The summed E-state index contributed by atoms with van der Waals surface area (Å²) in [4.78, 5) is 25.5. The Hall–Kier alpha value is -2.17. The predicted molar refractivity (Wildman–Crippen MR) is 103 cm³/mol. The van der Waals surface area contributed by atoms with E-state index in [1.165, 1.54) is 11.3 Å². The molecule has 10 heteroatoms. The molecule has 0 aliphatic carbocycles. The smallest absolute Gasteiger partial charge is 0.323 e. The number of aliphatic hydroxyl groups excluding tert-OH is 1. The van der Waals surface area contributed by atoms with Gasteiger partial charge in [0.25, 0.3) is 0 Å². The van der Waals surface area contributed by atoms with Gasteiger partial charge in [0, 0.05) is 26.2 Å². The molecule has 27 heavy (non-hydrogen) atoms. The summed E-state index contributed by atoms with van der Waals surface area (Å²) in [7, 11) is 1.58. The number of rotatable bonds is 3. The number of hydrogen-bond acceptors (Lipinski definition) is 8. The van der Waals surface area contributed by atoms with Crippen LogP contribution in [0.25, 0.3) is 10.2 Å². The van der Waals surface area contributed by atoms with Crippen molar-refractivity contribution in [2.45, 2.75) is 18.9 Å². The third-order valence-electron chi connectivity index (χ3n) is 4.86. The Morgan fingerprint density at radius 3 is 2.78 bits per heavy atom. The highest BCUT2D eigenvalue weighted by molar-refractivity contribution is 7.23. The van der Waals surface area contributed by atoms with E-state index < -0.39 is 0 Å². The molecule has 2 aromatic rings. The minimum absolute atomic E-state index is 0.194. The van der Waals surface area contributed by atoms with E-state index in [0.29, 0.717) is 55.5 Å². The van der Waals surface area contributed by atoms with Crippen LogP contribution >= 0.6 is 11.3 Å². The van der Waals surface area contributed by atoms with Gasteiger partial charge in [-0.15, -0.1) is 0 Å². The first-order valence-electron chi connectivity index (χ1n) is 9.06. The maximum absolute atomic E-state index is 12.5. The van der Waals surface area contributed by atoms with E-state index in [-0.39, 0.29) is 12.1 Å². The second-order valence-electron chi connectivity index (χ2n) is 6.59. The molecule has 0 bridgehead atoms. The molecule has 0 radical (unpaired) electrons. The molecule has 2 fully saturated rings. The molecule has 0 atom stereocenters. The van der Waals surface area contributed by atoms with Gasteiger partial charge in [-0.25, -0.2) is 14.8 Å². The summed E-state index contributed by atoms with van der Waals surface area (Å²) < 4.78 is 11.7. The molecule has 2 saturated heterocycles. The molecule has 4 heterocycles. The van der Waals surface area contributed by atoms with E-state index in [9.17, 15) is 9.90 Å². The van der Waals surface area contributed by atoms with E-state index >= 15 is 0 Å². The monoisotopic (exact) mass is 393 g/mol. The van der Waals surface area contributed by atoms with Crippen LogP contribution in [0.3, 0.4) is 0 Å². The summed E-state index contributed by atoms with van der Waals surface area (Å²) in [5.74, 6) is 1.42. The summed E-state index contributed by atoms with van der Waals surface area (Å²) in [5.41, 5.74) is 0.698. The van der Waals surface area contributed by atoms with Gasteiger partial charge >= 0.3 is 6.03 Å². The van der Waals surface area contributed by atoms with Gasteiger partial charge in [0.1, 0.15) is 16.0 Å². The summed E-state index contributed by atoms with van der Waals surface area (Å²) in [6.45, 7) is 3.95. The van der Waals surface area contributed by atoms with Gasteiger partial charge in [-0.3, -0.25) is 5.32 Å². The second-order valence-corrected chi connectivity index (χ2v) is 7.59. The molecule has 146 valence electrons. The van der Waals surface area contributed by atoms with Crippen molar-refractivity contribution in [3.8, 4) is 5.75 Å². The van der Waals surface area contributed by atoms with Crippen molar-refractivity contribution in [3.05, 3.63) is 6.20 Å². The number of ether oxygens (including phenoxy) is 2. The number of carbonyl (C=O) groups is 1. The zero-order valence-electron chi connectivity index (χ0n) is 15.2. The number of fused-ring (bicyclic) bond motifs is 1. The highest BCUT2D eigenvalue weighted by Crippen LogP contribution is 2.38. The number of carbonyl (C=O) groups excluding carboxylic acids is 1. The van der Waals surface area contributed by atoms with Crippen molar-refractivity contribution < 1.29 is 19.4 Å². The van der Waals surface area contributed by atoms with Crippen molar-refractivity contribution >= 4 is 38.5 Å². The molecule has 0 aromatic carbocycles. The maximum Gasteiger partial charge on any atom is 0.323 e. The highest BCUT2D eigenvalue weighted by Gasteiger charge is 2.24. The molecule has 9 nitrogen and oxygen atoms in total. The first kappa shape index (κ1) is 18.2. The van der Waals surface area contributed by atoms with Crippen LogP contribution in [-0.2, 0) is 4.74 Å². The number of aromatic nitrogens is 2. The van der Waals surface area contributed by atoms with Crippen LogP contribution in [0.15, 0.2) is 6.20 Å². The lowest BCUT2D eigenvalue weighted by molar-refractivity contribution is 0.0972. The van der Waals surface area contributed by atoms with Gasteiger partial charge in [-0.1, -0.05) is 11.3 Å². The molecule has 2 aliphatic heterocycles. The lowest BCUT2D eigenvalue weighted by Gasteiger charge is -2.29. The Morgan fingerprint density at radius 1 is 1.33 bits per heavy atom. The summed E-state index contributed by atoms with van der Waals surface area (Å²) in [6, 6.07) is -0.194. The van der Waals surface area contributed by atoms with E-state index in [2.05, 4.69) is 20.2 Å². The minimum atomic E-state index is -0.317. The number of likely N-dealkylation sites (tertiary alicyclic amines) is 1. The van der Waals surface area contributed by atoms with Crippen LogP contribution < -0.4 is 15.0 Å². The molecular formula is C17H23N5O4S. The van der Waals surface area contributed by atoms with E-state index in [1.807, 2.05) is 0 Å². The molecule has 2 aliphatic rings. The maximum atomic E-state index is 12.5. The molecule has 4 rings (SSSR count). The number of anilines is 2. The van der Waals surface area contributed by atoms with Crippen LogP contribution in [0.5, 0.6) is 5.75 Å². The molecular weight excluding hydrogens is 370 g/mol. The lowest BCUT2D eigenvalue weighted by Crippen LogP contribution is -2.42. The first-order chi connectivity index (χ1) is 13.2. The number of pyridine rings is 1. The van der Waals surface area contributed by atoms with Crippen molar-refractivity contribution in [2.24, 2.45) is 0 Å². The number of nitrogens with one attached hydrogen (secondary N) is 1. The molecule has 0 unspecified atom stereocenters. The summed E-state index contributed by atoms with van der Waals surface area (Å²) >= 11 is 1.40. The Balaban J connectivity index is 1.59. The molecule has 2 amide bonds. The fraction of sp³-hybridized carbons (Fsp3) is 0.588. The number of nitrogens with zero attached hydrogens (tertiary/aromatic N) is 4. The fourth-order valence-corrected chi connectivity index (χ4v) is 4.31. The van der Waals surface area contributed by atoms with E-state index in [4.69, 9.17) is 9.47 Å². The number of morpholine rings is 1. The number of urea groups is 1. The Bertz CT molecular complexity index is 815. The number of hydrogen-bond donors (Lipinski definition) is 2. The number of aliphatic hydroxyl groups is 1. The molecule has 2 aromatic heterocycles. The first-order valence-corrected chi connectivity index (χ1v) is 9.87. The van der Waals surface area contributed by atoms with Gasteiger partial charge in [-0.2, -0.15) is 0 Å². The number of methoxy groups -OCH3 is 1. The highest BCUT2D eigenvalue weighted by atomic mass is 32.1. The Labute approximate surface area is 160 Å². The van der Waals surface area contributed by atoms with Gasteiger partial charge in [0.15, 0.2) is 10.9 Å². The van der Waals surface area contributed by atoms with Crippen molar-refractivity contribution in [1.82, 2.24) is 14.9 Å². The topological polar surface area (TPSA) is 100 Å². The normalized spacial score (nSPS) is 18.7. The average Bonchev–Trinajstić information content (AvgIpc) is 3.11. The van der Waals surface area contributed by atoms with Gasteiger partial charge in [0.2, 0.25) is 0 Å². The van der Waals surface area contributed by atoms with Crippen molar-refractivity contribution in [3.63, 3.8) is 0 Å². The van der Waals surface area contributed by atoms with Crippen molar-refractivity contribution in [1.29, 1.82) is 0 Å². The zero-order chi connectivity index (χ0) is 18.8. The van der Waals surface area contributed by atoms with Crippen LogP contribution in [-0.4, -0.2) is 78.6 Å². The summed E-state index contributed by atoms with van der Waals surface area (Å²) in [5, 5.41) is 13.0. The third kappa shape index (κ3) is 3.78. The van der Waals surface area contributed by atoms with Crippen LogP contribution in [0.1, 0.15) is 12.8 Å². The van der Waals surface area contributed by atoms with Crippen molar-refractivity contribution in [2.75, 3.05) is 56.7 Å². The van der Waals surface area contributed by atoms with Gasteiger partial charge in [-0.05, 0) is 12.8 Å². The molecule has 2 N–H and O–H groups in total. The molecule has 0 saturated carbocycles. The standard InChI is InChI=1S/C17H23N5O4S/c1-25-12-10-18-15(21-6-8-26-9-7-21)14-13(12)19-16(27-14)20-17(24)22-4-2-11(23)3-5-22/h10-11,23H,2-9H2,1H3,(H,19,20,24). The number of thiazole rings is 1. The van der Waals surface area contributed by atoms with E-state index in [0.717, 1.165) is 23.6 Å². The van der Waals surface area contributed by atoms with Crippen LogP contribution in [0.2, 0.25) is 0 Å².